The number of methoxy groups -OCH3 is 1. The number of ether oxygens (including phenoxy) is 2. The lowest BCUT2D eigenvalue weighted by molar-refractivity contribution is 0.0642. The van der Waals surface area contributed by atoms with E-state index in [1.807, 2.05) is 17.8 Å². The normalized spacial score (nSPS) is 24.7. The van der Waals surface area contributed by atoms with Gasteiger partial charge in [-0.2, -0.15) is 9.47 Å². The van der Waals surface area contributed by atoms with E-state index in [4.69, 9.17) is 19.4 Å². The first-order valence-corrected chi connectivity index (χ1v) is 14.4. The second kappa shape index (κ2) is 11.1. The summed E-state index contributed by atoms with van der Waals surface area (Å²) < 4.78 is 17.0. The summed E-state index contributed by atoms with van der Waals surface area (Å²) in [5.74, 6) is 1.70. The molecule has 12 heteroatoms. The van der Waals surface area contributed by atoms with E-state index in [0.717, 1.165) is 105 Å². The van der Waals surface area contributed by atoms with Crippen LogP contribution in [0.25, 0.3) is 10.2 Å². The summed E-state index contributed by atoms with van der Waals surface area (Å²) >= 11 is 1.44. The summed E-state index contributed by atoms with van der Waals surface area (Å²) in [7, 11) is 1.45. The smallest absolute Gasteiger partial charge is 0.409 e. The highest BCUT2D eigenvalue weighted by molar-refractivity contribution is 7.13. The largest absolute Gasteiger partial charge is 0.453 e. The van der Waals surface area contributed by atoms with E-state index in [2.05, 4.69) is 25.9 Å². The number of nitrogens with one attached hydrogen (secondary N) is 1. The van der Waals surface area contributed by atoms with E-state index in [-0.39, 0.29) is 6.09 Å². The first-order valence-electron chi connectivity index (χ1n) is 13.6. The zero-order valence-electron chi connectivity index (χ0n) is 22.1. The molecule has 3 aliphatic rings. The molecule has 1 aliphatic carbocycles. The quantitative estimate of drug-likeness (QED) is 0.504. The molecule has 1 saturated carbocycles. The van der Waals surface area contributed by atoms with Crippen molar-refractivity contribution in [2.24, 2.45) is 0 Å². The second-order valence-corrected chi connectivity index (χ2v) is 11.4. The van der Waals surface area contributed by atoms with Crippen LogP contribution in [0.5, 0.6) is 0 Å². The Morgan fingerprint density at radius 3 is 2.68 bits per heavy atom. The lowest BCUT2D eigenvalue weighted by Crippen LogP contribution is -2.53. The average Bonchev–Trinajstić information content (AvgIpc) is 3.71. The van der Waals surface area contributed by atoms with Crippen molar-refractivity contribution in [1.82, 2.24) is 33.9 Å². The molecule has 3 aromatic heterocycles. The summed E-state index contributed by atoms with van der Waals surface area (Å²) in [6.07, 6.45) is 9.91. The second-order valence-electron chi connectivity index (χ2n) is 10.6. The van der Waals surface area contributed by atoms with Crippen molar-refractivity contribution in [3.05, 3.63) is 29.5 Å². The maximum Gasteiger partial charge on any atom is 0.409 e. The number of carbonyl (C=O) groups is 1. The number of rotatable bonds is 6. The number of piperazine rings is 1. The van der Waals surface area contributed by atoms with Gasteiger partial charge in [-0.25, -0.2) is 14.8 Å². The topological polar surface area (TPSA) is 111 Å². The standard InChI is InChI=1S/C26H36N8O3S/c1-17-23-24(28-19-3-5-20(6-4-19)32-8-10-33(11-9-32)26(35)36-2)29-22(30-25(23)38-31-17)13-18-14-27-34(15-18)21-7-12-37-16-21/h14-15,19-21H,3-13,16H2,1-2H3,(H,28,29,30). The van der Waals surface area contributed by atoms with E-state index in [1.165, 1.54) is 18.6 Å². The third-order valence-corrected chi connectivity index (χ3v) is 8.98. The molecule has 2 saturated heterocycles. The van der Waals surface area contributed by atoms with Crippen LogP contribution in [-0.4, -0.2) is 98.6 Å². The Labute approximate surface area is 226 Å². The zero-order chi connectivity index (χ0) is 26.1. The number of anilines is 1. The first-order chi connectivity index (χ1) is 18.6. The third kappa shape index (κ3) is 5.34. The molecule has 1 N–H and O–H groups in total. The highest BCUT2D eigenvalue weighted by Gasteiger charge is 2.30. The molecule has 0 radical (unpaired) electrons. The molecule has 204 valence electrons. The van der Waals surface area contributed by atoms with Crippen molar-refractivity contribution >= 4 is 33.7 Å². The molecule has 2 aliphatic heterocycles. The predicted molar refractivity (Wildman–Crippen MR) is 145 cm³/mol. The molecule has 3 fully saturated rings. The number of amides is 1. The Bertz CT molecular complexity index is 1260. The predicted octanol–water partition coefficient (Wildman–Crippen LogP) is 3.25. The van der Waals surface area contributed by atoms with Gasteiger partial charge in [-0.3, -0.25) is 9.58 Å². The van der Waals surface area contributed by atoms with Crippen LogP contribution < -0.4 is 5.32 Å². The minimum Gasteiger partial charge on any atom is -0.453 e. The third-order valence-electron chi connectivity index (χ3n) is 8.15. The fourth-order valence-corrected chi connectivity index (χ4v) is 6.77. The lowest BCUT2D eigenvalue weighted by atomic mass is 9.89. The van der Waals surface area contributed by atoms with Crippen LogP contribution in [-0.2, 0) is 15.9 Å². The minimum atomic E-state index is -0.219. The molecule has 0 aromatic carbocycles. The van der Waals surface area contributed by atoms with E-state index in [9.17, 15) is 4.79 Å². The molecule has 1 atom stereocenters. The fraction of sp³-hybridized carbons (Fsp3) is 0.654. The van der Waals surface area contributed by atoms with Crippen LogP contribution in [0, 0.1) is 6.92 Å². The molecule has 3 aromatic rings. The lowest BCUT2D eigenvalue weighted by Gasteiger charge is -2.41. The average molecular weight is 541 g/mol. The summed E-state index contributed by atoms with van der Waals surface area (Å²) in [6.45, 7) is 6.87. The van der Waals surface area contributed by atoms with Crippen molar-refractivity contribution < 1.29 is 14.3 Å². The summed E-state index contributed by atoms with van der Waals surface area (Å²) in [6, 6.07) is 1.26. The minimum absolute atomic E-state index is 0.219. The monoisotopic (exact) mass is 540 g/mol. The maximum absolute atomic E-state index is 11.8. The van der Waals surface area contributed by atoms with Crippen LogP contribution in [0.1, 0.15) is 55.2 Å². The fourth-order valence-electron chi connectivity index (χ4n) is 5.98. The van der Waals surface area contributed by atoms with Gasteiger partial charge in [0.1, 0.15) is 16.5 Å². The summed E-state index contributed by atoms with van der Waals surface area (Å²) in [5, 5.41) is 9.38. The van der Waals surface area contributed by atoms with Crippen molar-refractivity contribution in [2.45, 2.75) is 63.6 Å². The Hall–Kier alpha value is -2.83. The van der Waals surface area contributed by atoms with Gasteiger partial charge in [0, 0.05) is 57.5 Å². The van der Waals surface area contributed by atoms with Gasteiger partial charge >= 0.3 is 6.09 Å². The van der Waals surface area contributed by atoms with E-state index in [0.29, 0.717) is 24.5 Å². The van der Waals surface area contributed by atoms with Crippen molar-refractivity contribution in [3.63, 3.8) is 0 Å². The molecule has 0 spiro atoms. The van der Waals surface area contributed by atoms with Crippen LogP contribution in [0.2, 0.25) is 0 Å². The SMILES string of the molecule is COC(=O)N1CCN(C2CCC(Nc3nc(Cc4cnn(C5CCOC5)c4)nc4snc(C)c34)CC2)CC1. The summed E-state index contributed by atoms with van der Waals surface area (Å²) in [5.41, 5.74) is 2.08. The number of hydrogen-bond donors (Lipinski definition) is 1. The van der Waals surface area contributed by atoms with Crippen molar-refractivity contribution in [1.29, 1.82) is 0 Å². The molecule has 1 amide bonds. The molecule has 6 rings (SSSR count). The van der Waals surface area contributed by atoms with Crippen LogP contribution in [0.4, 0.5) is 10.6 Å². The first kappa shape index (κ1) is 25.4. The van der Waals surface area contributed by atoms with Gasteiger partial charge in [-0.05, 0) is 56.1 Å². The summed E-state index contributed by atoms with van der Waals surface area (Å²) in [4.78, 5) is 26.9. The van der Waals surface area contributed by atoms with Crippen LogP contribution >= 0.6 is 11.5 Å². The molecular weight excluding hydrogens is 504 g/mol. The van der Waals surface area contributed by atoms with Gasteiger partial charge in [-0.1, -0.05) is 0 Å². The van der Waals surface area contributed by atoms with Crippen LogP contribution in [0.3, 0.4) is 0 Å². The van der Waals surface area contributed by atoms with Gasteiger partial charge < -0.3 is 19.7 Å². The molecule has 0 bridgehead atoms. The molecule has 11 nitrogen and oxygen atoms in total. The van der Waals surface area contributed by atoms with Gasteiger partial charge in [0.2, 0.25) is 0 Å². The molecule has 1 unspecified atom stereocenters. The highest BCUT2D eigenvalue weighted by Crippen LogP contribution is 2.31. The molecule has 5 heterocycles. The Morgan fingerprint density at radius 2 is 1.95 bits per heavy atom. The number of aryl methyl sites for hydroxylation is 1. The van der Waals surface area contributed by atoms with Gasteiger partial charge in [0.25, 0.3) is 0 Å². The highest BCUT2D eigenvalue weighted by atomic mass is 32.1. The number of fused-ring (bicyclic) bond motifs is 1. The van der Waals surface area contributed by atoms with Crippen molar-refractivity contribution in [3.8, 4) is 0 Å². The van der Waals surface area contributed by atoms with Gasteiger partial charge in [0.15, 0.2) is 0 Å². The number of nitrogens with zero attached hydrogens (tertiary/aromatic N) is 7. The van der Waals surface area contributed by atoms with Gasteiger partial charge in [-0.15, -0.1) is 0 Å². The van der Waals surface area contributed by atoms with Gasteiger partial charge in [0.05, 0.1) is 37.0 Å². The van der Waals surface area contributed by atoms with Crippen molar-refractivity contribution in [2.75, 3.05) is 51.8 Å². The zero-order valence-corrected chi connectivity index (χ0v) is 23.0. The van der Waals surface area contributed by atoms with E-state index >= 15 is 0 Å². The number of hydrogen-bond acceptors (Lipinski definition) is 10. The molecular formula is C26H36N8O3S. The Kier molecular flexibility index (Phi) is 7.44. The Morgan fingerprint density at radius 1 is 1.13 bits per heavy atom. The molecule has 38 heavy (non-hydrogen) atoms. The Balaban J connectivity index is 1.10. The maximum atomic E-state index is 11.8. The van der Waals surface area contributed by atoms with E-state index < -0.39 is 0 Å². The van der Waals surface area contributed by atoms with Crippen LogP contribution in [0.15, 0.2) is 12.4 Å². The number of carbonyl (C=O) groups excluding carboxylic acids is 1. The van der Waals surface area contributed by atoms with E-state index in [1.54, 1.807) is 4.90 Å². The number of aromatic nitrogens is 5.